The summed E-state index contributed by atoms with van der Waals surface area (Å²) >= 11 is 0. The van der Waals surface area contributed by atoms with Gasteiger partial charge in [-0.25, -0.2) is 4.79 Å². The molecular weight excluding hydrogens is 394 g/mol. The van der Waals surface area contributed by atoms with Gasteiger partial charge in [-0.15, -0.1) is 0 Å². The number of hydrogen-bond acceptors (Lipinski definition) is 4. The van der Waals surface area contributed by atoms with Gasteiger partial charge in [-0.2, -0.15) is 0 Å². The summed E-state index contributed by atoms with van der Waals surface area (Å²) in [5, 5.41) is 5.34. The van der Waals surface area contributed by atoms with Crippen molar-refractivity contribution in [1.82, 2.24) is 4.57 Å². The highest BCUT2D eigenvalue weighted by Gasteiger charge is 2.19. The number of ether oxygens (including phenoxy) is 1. The number of nitrogens with one attached hydrogen (secondary N) is 2. The van der Waals surface area contributed by atoms with Gasteiger partial charge in [0.2, 0.25) is 5.91 Å². The molecule has 7 nitrogen and oxygen atoms in total. The maximum atomic E-state index is 12.4. The summed E-state index contributed by atoms with van der Waals surface area (Å²) in [6.07, 6.45) is -0.976. The molecule has 2 amide bonds. The fourth-order valence-corrected chi connectivity index (χ4v) is 3.19. The lowest BCUT2D eigenvalue weighted by atomic mass is 10.2. The smallest absolute Gasteiger partial charge is 0.338 e. The van der Waals surface area contributed by atoms with Gasteiger partial charge in [0.25, 0.3) is 5.91 Å². The number of esters is 1. The lowest BCUT2D eigenvalue weighted by Gasteiger charge is -2.14. The minimum atomic E-state index is -0.976. The first-order valence-electron chi connectivity index (χ1n) is 9.89. The van der Waals surface area contributed by atoms with E-state index in [0.29, 0.717) is 16.9 Å². The van der Waals surface area contributed by atoms with Crippen molar-refractivity contribution in [2.24, 2.45) is 0 Å². The summed E-state index contributed by atoms with van der Waals surface area (Å²) in [4.78, 5) is 35.9. The second-order valence-corrected chi connectivity index (χ2v) is 7.29. The van der Waals surface area contributed by atoms with Crippen molar-refractivity contribution in [1.29, 1.82) is 0 Å². The van der Waals surface area contributed by atoms with E-state index in [0.717, 1.165) is 17.1 Å². The van der Waals surface area contributed by atoms with Gasteiger partial charge in [0, 0.05) is 35.4 Å². The lowest BCUT2D eigenvalue weighted by Crippen LogP contribution is -2.30. The van der Waals surface area contributed by atoms with Crippen molar-refractivity contribution in [3.05, 3.63) is 77.6 Å². The van der Waals surface area contributed by atoms with Crippen LogP contribution in [0.15, 0.2) is 60.7 Å². The molecule has 0 aliphatic carbocycles. The lowest BCUT2D eigenvalue weighted by molar-refractivity contribution is -0.123. The van der Waals surface area contributed by atoms with Crippen LogP contribution >= 0.6 is 0 Å². The van der Waals surface area contributed by atoms with Crippen molar-refractivity contribution < 1.29 is 19.1 Å². The molecule has 2 aromatic carbocycles. The van der Waals surface area contributed by atoms with Crippen LogP contribution < -0.4 is 10.6 Å². The third-order valence-electron chi connectivity index (χ3n) is 4.76. The van der Waals surface area contributed by atoms with E-state index in [1.807, 2.05) is 38.1 Å². The first-order valence-corrected chi connectivity index (χ1v) is 9.89. The topological polar surface area (TPSA) is 89.4 Å². The first-order chi connectivity index (χ1) is 14.7. The average Bonchev–Trinajstić information content (AvgIpc) is 3.07. The summed E-state index contributed by atoms with van der Waals surface area (Å²) in [6, 6.07) is 17.8. The molecule has 0 bridgehead atoms. The van der Waals surface area contributed by atoms with Gasteiger partial charge in [-0.05, 0) is 81.4 Å². The Labute approximate surface area is 181 Å². The van der Waals surface area contributed by atoms with Crippen molar-refractivity contribution in [3.63, 3.8) is 0 Å². The first kappa shape index (κ1) is 21.8. The molecule has 3 aromatic rings. The molecule has 0 saturated carbocycles. The van der Waals surface area contributed by atoms with E-state index in [1.54, 1.807) is 36.4 Å². The molecule has 0 aliphatic rings. The average molecular weight is 419 g/mol. The highest BCUT2D eigenvalue weighted by atomic mass is 16.5. The Hall–Kier alpha value is -3.87. The summed E-state index contributed by atoms with van der Waals surface area (Å²) < 4.78 is 7.40. The van der Waals surface area contributed by atoms with Crippen LogP contribution in [0.4, 0.5) is 11.4 Å². The molecule has 0 saturated heterocycles. The number of hydrogen-bond donors (Lipinski definition) is 2. The Balaban J connectivity index is 1.59. The van der Waals surface area contributed by atoms with Gasteiger partial charge < -0.3 is 19.9 Å². The predicted octanol–water partition coefficient (Wildman–Crippen LogP) is 4.24. The number of aryl methyl sites for hydroxylation is 2. The largest absolute Gasteiger partial charge is 0.449 e. The number of benzene rings is 2. The second kappa shape index (κ2) is 9.30. The maximum absolute atomic E-state index is 12.4. The Morgan fingerprint density at radius 3 is 1.84 bits per heavy atom. The van der Waals surface area contributed by atoms with E-state index in [1.165, 1.54) is 13.8 Å². The Morgan fingerprint density at radius 2 is 1.32 bits per heavy atom. The van der Waals surface area contributed by atoms with Crippen LogP contribution in [0, 0.1) is 13.8 Å². The van der Waals surface area contributed by atoms with Gasteiger partial charge in [-0.1, -0.05) is 0 Å². The van der Waals surface area contributed by atoms with Crippen molar-refractivity contribution >= 4 is 29.2 Å². The molecular formula is C24H25N3O4. The third kappa shape index (κ3) is 5.39. The zero-order valence-corrected chi connectivity index (χ0v) is 17.9. The van der Waals surface area contributed by atoms with Crippen LogP contribution in [0.1, 0.15) is 35.6 Å². The number of nitrogens with zero attached hydrogens (tertiary/aromatic N) is 1. The molecule has 3 rings (SSSR count). The number of aromatic nitrogens is 1. The predicted molar refractivity (Wildman–Crippen MR) is 119 cm³/mol. The molecule has 1 heterocycles. The van der Waals surface area contributed by atoms with E-state index < -0.39 is 18.0 Å². The molecule has 0 aliphatic heterocycles. The molecule has 2 N–H and O–H groups in total. The fraction of sp³-hybridized carbons (Fsp3) is 0.208. The van der Waals surface area contributed by atoms with Crippen molar-refractivity contribution in [2.45, 2.75) is 33.8 Å². The Bertz CT molecular complexity index is 1080. The Morgan fingerprint density at radius 1 is 0.806 bits per heavy atom. The molecule has 1 aromatic heterocycles. The molecule has 7 heteroatoms. The molecule has 31 heavy (non-hydrogen) atoms. The SMILES string of the molecule is CC(=O)Nc1ccc(NC(=O)[C@H](C)OC(=O)c2ccc(-n3c(C)ccc3C)cc2)cc1. The normalized spacial score (nSPS) is 11.5. The Kier molecular flexibility index (Phi) is 6.55. The summed E-state index contributed by atoms with van der Waals surface area (Å²) in [7, 11) is 0. The van der Waals surface area contributed by atoms with Gasteiger partial charge in [0.05, 0.1) is 5.56 Å². The third-order valence-corrected chi connectivity index (χ3v) is 4.76. The number of carbonyl (C=O) groups excluding carboxylic acids is 3. The van der Waals surface area contributed by atoms with Crippen LogP contribution in [0.5, 0.6) is 0 Å². The summed E-state index contributed by atoms with van der Waals surface area (Å²) in [5.74, 6) is -1.20. The van der Waals surface area contributed by atoms with Gasteiger partial charge in [0.1, 0.15) is 0 Å². The second-order valence-electron chi connectivity index (χ2n) is 7.29. The van der Waals surface area contributed by atoms with E-state index in [2.05, 4.69) is 15.2 Å². The van der Waals surface area contributed by atoms with E-state index in [-0.39, 0.29) is 5.91 Å². The highest BCUT2D eigenvalue weighted by Crippen LogP contribution is 2.18. The quantitative estimate of drug-likeness (QED) is 0.585. The van der Waals surface area contributed by atoms with Crippen LogP contribution in [-0.4, -0.2) is 28.5 Å². The molecule has 0 fully saturated rings. The van der Waals surface area contributed by atoms with Crippen LogP contribution in [0.2, 0.25) is 0 Å². The molecule has 1 atom stereocenters. The zero-order chi connectivity index (χ0) is 22.5. The van der Waals surface area contributed by atoms with Crippen LogP contribution in [0.3, 0.4) is 0 Å². The molecule has 0 spiro atoms. The fourth-order valence-electron chi connectivity index (χ4n) is 3.19. The van der Waals surface area contributed by atoms with Gasteiger partial charge in [-0.3, -0.25) is 9.59 Å². The maximum Gasteiger partial charge on any atom is 0.338 e. The van der Waals surface area contributed by atoms with Crippen LogP contribution in [-0.2, 0) is 14.3 Å². The molecule has 0 radical (unpaired) electrons. The molecule has 160 valence electrons. The van der Waals surface area contributed by atoms with E-state index in [4.69, 9.17) is 4.74 Å². The number of carbonyl (C=O) groups is 3. The summed E-state index contributed by atoms with van der Waals surface area (Å²) in [6.45, 7) is 6.97. The number of amides is 2. The minimum absolute atomic E-state index is 0.177. The van der Waals surface area contributed by atoms with E-state index >= 15 is 0 Å². The molecule has 0 unspecified atom stereocenters. The minimum Gasteiger partial charge on any atom is -0.449 e. The summed E-state index contributed by atoms with van der Waals surface area (Å²) in [5.41, 5.74) is 4.67. The van der Waals surface area contributed by atoms with Crippen LogP contribution in [0.25, 0.3) is 5.69 Å². The number of anilines is 2. The highest BCUT2D eigenvalue weighted by molar-refractivity contribution is 5.97. The zero-order valence-electron chi connectivity index (χ0n) is 17.9. The standard InChI is InChI=1S/C24H25N3O4/c1-15-5-6-16(2)27(15)22-13-7-19(8-14-22)24(30)31-17(3)23(29)26-21-11-9-20(10-12-21)25-18(4)28/h5-14,17H,1-4H3,(H,25,28)(H,26,29)/t17-/m0/s1. The van der Waals surface area contributed by atoms with E-state index in [9.17, 15) is 14.4 Å². The number of rotatable bonds is 6. The monoisotopic (exact) mass is 419 g/mol. The van der Waals surface area contributed by atoms with Crippen molar-refractivity contribution in [3.8, 4) is 5.69 Å². The van der Waals surface area contributed by atoms with Crippen molar-refractivity contribution in [2.75, 3.05) is 10.6 Å². The van der Waals surface area contributed by atoms with Gasteiger partial charge >= 0.3 is 5.97 Å². The van der Waals surface area contributed by atoms with Gasteiger partial charge in [0.15, 0.2) is 6.10 Å².